The lowest BCUT2D eigenvalue weighted by atomic mass is 9.88. The van der Waals surface area contributed by atoms with Crippen molar-refractivity contribution in [3.63, 3.8) is 0 Å². The zero-order valence-electron chi connectivity index (χ0n) is 13.1. The first-order valence-electron chi connectivity index (χ1n) is 8.00. The normalized spacial score (nSPS) is 12.7. The largest absolute Gasteiger partial charge is 0.388 e. The second kappa shape index (κ2) is 8.37. The Morgan fingerprint density at radius 1 is 0.842 bits per heavy atom. The maximum atomic E-state index is 10.4. The summed E-state index contributed by atoms with van der Waals surface area (Å²) in [7, 11) is 0. The van der Waals surface area contributed by atoms with Gasteiger partial charge in [-0.05, 0) is 47.9 Å². The minimum Gasteiger partial charge on any atom is -0.388 e. The van der Waals surface area contributed by atoms with Gasteiger partial charge in [0.1, 0.15) is 0 Å². The third-order valence-electron chi connectivity index (χ3n) is 3.71. The third kappa shape index (κ3) is 4.35. The van der Waals surface area contributed by atoms with Crippen molar-refractivity contribution in [3.05, 3.63) is 34.4 Å². The fourth-order valence-electron chi connectivity index (χ4n) is 2.87. The molecule has 0 saturated heterocycles. The van der Waals surface area contributed by atoms with E-state index in [1.807, 2.05) is 0 Å². The van der Waals surface area contributed by atoms with Gasteiger partial charge in [0.25, 0.3) is 0 Å². The van der Waals surface area contributed by atoms with E-state index in [4.69, 9.17) is 0 Å². The standard InChI is InChI=1S/C18H30O/c1-5-9-14-12-15(10-6-2)18(17(19)8-4)16(13-14)11-7-3/h12-13,17,19H,5-11H2,1-4H3. The first-order valence-corrected chi connectivity index (χ1v) is 8.00. The molecular weight excluding hydrogens is 232 g/mol. The summed E-state index contributed by atoms with van der Waals surface area (Å²) in [6.45, 7) is 8.73. The molecule has 1 atom stereocenters. The lowest BCUT2D eigenvalue weighted by molar-refractivity contribution is 0.171. The van der Waals surface area contributed by atoms with Crippen LogP contribution in [-0.4, -0.2) is 5.11 Å². The molecule has 0 heterocycles. The van der Waals surface area contributed by atoms with Crippen LogP contribution in [0.2, 0.25) is 0 Å². The summed E-state index contributed by atoms with van der Waals surface area (Å²) in [6.07, 6.45) is 7.30. The lowest BCUT2D eigenvalue weighted by Crippen LogP contribution is -2.08. The van der Waals surface area contributed by atoms with E-state index in [-0.39, 0.29) is 6.10 Å². The van der Waals surface area contributed by atoms with Crippen molar-refractivity contribution in [1.82, 2.24) is 0 Å². The van der Waals surface area contributed by atoms with E-state index in [1.165, 1.54) is 28.7 Å². The van der Waals surface area contributed by atoms with Gasteiger partial charge in [-0.25, -0.2) is 0 Å². The van der Waals surface area contributed by atoms with E-state index in [1.54, 1.807) is 0 Å². The van der Waals surface area contributed by atoms with Gasteiger partial charge in [-0.3, -0.25) is 0 Å². The molecule has 19 heavy (non-hydrogen) atoms. The van der Waals surface area contributed by atoms with E-state index in [0.717, 1.165) is 38.5 Å². The molecule has 0 bridgehead atoms. The van der Waals surface area contributed by atoms with Crippen molar-refractivity contribution in [1.29, 1.82) is 0 Å². The average Bonchev–Trinajstić information content (AvgIpc) is 2.39. The number of hydrogen-bond donors (Lipinski definition) is 1. The molecule has 0 aliphatic rings. The molecule has 1 nitrogen and oxygen atoms in total. The van der Waals surface area contributed by atoms with Gasteiger partial charge in [-0.15, -0.1) is 0 Å². The fourth-order valence-corrected chi connectivity index (χ4v) is 2.87. The highest BCUT2D eigenvalue weighted by molar-refractivity contribution is 5.41. The van der Waals surface area contributed by atoms with Crippen molar-refractivity contribution >= 4 is 0 Å². The van der Waals surface area contributed by atoms with Crippen molar-refractivity contribution in [2.45, 2.75) is 78.7 Å². The minimum atomic E-state index is -0.293. The third-order valence-corrected chi connectivity index (χ3v) is 3.71. The predicted molar refractivity (Wildman–Crippen MR) is 83.7 cm³/mol. The summed E-state index contributed by atoms with van der Waals surface area (Å²) in [5, 5.41) is 10.4. The summed E-state index contributed by atoms with van der Waals surface area (Å²) >= 11 is 0. The smallest absolute Gasteiger partial charge is 0.0792 e. The Balaban J connectivity index is 3.27. The number of aliphatic hydroxyl groups excluding tert-OH is 1. The summed E-state index contributed by atoms with van der Waals surface area (Å²) in [6, 6.07) is 4.67. The summed E-state index contributed by atoms with van der Waals surface area (Å²) in [4.78, 5) is 0. The first-order chi connectivity index (χ1) is 9.17. The molecule has 0 fully saturated rings. The quantitative estimate of drug-likeness (QED) is 0.700. The molecule has 0 aliphatic heterocycles. The van der Waals surface area contributed by atoms with Crippen molar-refractivity contribution in [2.75, 3.05) is 0 Å². The highest BCUT2D eigenvalue weighted by atomic mass is 16.3. The Hall–Kier alpha value is -0.820. The molecule has 1 N–H and O–H groups in total. The maximum Gasteiger partial charge on any atom is 0.0792 e. The van der Waals surface area contributed by atoms with Gasteiger partial charge in [0.15, 0.2) is 0 Å². The van der Waals surface area contributed by atoms with E-state index >= 15 is 0 Å². The molecule has 0 saturated carbocycles. The minimum absolute atomic E-state index is 0.293. The molecule has 1 unspecified atom stereocenters. The number of rotatable bonds is 8. The first kappa shape index (κ1) is 16.2. The van der Waals surface area contributed by atoms with E-state index in [2.05, 4.69) is 39.8 Å². The summed E-state index contributed by atoms with van der Waals surface area (Å²) < 4.78 is 0. The van der Waals surface area contributed by atoms with Gasteiger partial charge >= 0.3 is 0 Å². The molecule has 0 radical (unpaired) electrons. The molecule has 1 aromatic carbocycles. The second-order valence-corrected chi connectivity index (χ2v) is 5.50. The Morgan fingerprint density at radius 2 is 1.32 bits per heavy atom. The maximum absolute atomic E-state index is 10.4. The van der Waals surface area contributed by atoms with Gasteiger partial charge in [0, 0.05) is 0 Å². The molecule has 0 amide bonds. The Morgan fingerprint density at radius 3 is 1.68 bits per heavy atom. The van der Waals surface area contributed by atoms with Crippen LogP contribution >= 0.6 is 0 Å². The Kier molecular flexibility index (Phi) is 7.15. The van der Waals surface area contributed by atoms with Gasteiger partial charge < -0.3 is 5.11 Å². The lowest BCUT2D eigenvalue weighted by Gasteiger charge is -2.20. The molecule has 108 valence electrons. The Labute approximate surface area is 119 Å². The predicted octanol–water partition coefficient (Wildman–Crippen LogP) is 4.99. The molecule has 0 aromatic heterocycles. The second-order valence-electron chi connectivity index (χ2n) is 5.50. The molecule has 1 aromatic rings. The van der Waals surface area contributed by atoms with Crippen molar-refractivity contribution in [2.24, 2.45) is 0 Å². The monoisotopic (exact) mass is 262 g/mol. The van der Waals surface area contributed by atoms with Gasteiger partial charge in [0.2, 0.25) is 0 Å². The van der Waals surface area contributed by atoms with Crippen LogP contribution in [0, 0.1) is 0 Å². The molecule has 0 aliphatic carbocycles. The zero-order chi connectivity index (χ0) is 14.3. The van der Waals surface area contributed by atoms with Crippen LogP contribution in [0.4, 0.5) is 0 Å². The van der Waals surface area contributed by atoms with E-state index in [0.29, 0.717) is 0 Å². The summed E-state index contributed by atoms with van der Waals surface area (Å²) in [5.41, 5.74) is 5.44. The van der Waals surface area contributed by atoms with Crippen LogP contribution in [0.1, 0.15) is 81.7 Å². The van der Waals surface area contributed by atoms with Gasteiger partial charge in [-0.1, -0.05) is 59.1 Å². The van der Waals surface area contributed by atoms with E-state index < -0.39 is 0 Å². The van der Waals surface area contributed by atoms with Gasteiger partial charge in [0.05, 0.1) is 6.10 Å². The number of benzene rings is 1. The van der Waals surface area contributed by atoms with Crippen molar-refractivity contribution in [3.8, 4) is 0 Å². The highest BCUT2D eigenvalue weighted by Gasteiger charge is 2.16. The van der Waals surface area contributed by atoms with Gasteiger partial charge in [-0.2, -0.15) is 0 Å². The molecule has 1 heteroatoms. The van der Waals surface area contributed by atoms with Crippen LogP contribution in [0.25, 0.3) is 0 Å². The average molecular weight is 262 g/mol. The Bertz CT molecular complexity index is 354. The van der Waals surface area contributed by atoms with Crippen LogP contribution < -0.4 is 0 Å². The van der Waals surface area contributed by atoms with Crippen LogP contribution in [0.3, 0.4) is 0 Å². The van der Waals surface area contributed by atoms with Crippen LogP contribution in [0.5, 0.6) is 0 Å². The number of aliphatic hydroxyl groups is 1. The topological polar surface area (TPSA) is 20.2 Å². The zero-order valence-corrected chi connectivity index (χ0v) is 13.1. The van der Waals surface area contributed by atoms with Crippen LogP contribution in [0.15, 0.2) is 12.1 Å². The summed E-state index contributed by atoms with van der Waals surface area (Å²) in [5.74, 6) is 0. The SMILES string of the molecule is CCCc1cc(CCC)c(C(O)CC)c(CCC)c1. The fraction of sp³-hybridized carbons (Fsp3) is 0.667. The van der Waals surface area contributed by atoms with Crippen molar-refractivity contribution < 1.29 is 5.11 Å². The van der Waals surface area contributed by atoms with E-state index in [9.17, 15) is 5.11 Å². The highest BCUT2D eigenvalue weighted by Crippen LogP contribution is 2.29. The molecular formula is C18H30O. The molecule has 0 spiro atoms. The molecule has 1 rings (SSSR count). The number of hydrogen-bond acceptors (Lipinski definition) is 1. The van der Waals surface area contributed by atoms with Crippen LogP contribution in [-0.2, 0) is 19.3 Å². The number of aryl methyl sites for hydroxylation is 3.